The van der Waals surface area contributed by atoms with Gasteiger partial charge in [0.05, 0.1) is 17.7 Å². The minimum absolute atomic E-state index is 0.124. The third-order valence-corrected chi connectivity index (χ3v) is 6.94. The van der Waals surface area contributed by atoms with Gasteiger partial charge in [-0.25, -0.2) is 9.18 Å². The molecule has 1 heterocycles. The Morgan fingerprint density at radius 3 is 2.58 bits per heavy atom. The number of hydrogen-bond acceptors (Lipinski definition) is 7. The van der Waals surface area contributed by atoms with E-state index in [2.05, 4.69) is 21.2 Å². The summed E-state index contributed by atoms with van der Waals surface area (Å²) < 4.78 is 26.7. The largest absolute Gasteiger partial charge is 0.490 e. The quantitative estimate of drug-likeness (QED) is 0.304. The molecular formula is C25H32BrFN4O5. The molecule has 1 aliphatic heterocycles. The highest BCUT2D eigenvalue weighted by Gasteiger charge is 2.37. The molecule has 0 aromatic heterocycles. The topological polar surface area (TPSA) is 97.2 Å². The van der Waals surface area contributed by atoms with Crippen LogP contribution in [0.1, 0.15) is 25.3 Å². The molecule has 2 aromatic carbocycles. The number of alkyl halides is 1. The molecule has 2 aromatic rings. The van der Waals surface area contributed by atoms with Gasteiger partial charge in [-0.3, -0.25) is 15.0 Å². The van der Waals surface area contributed by atoms with Gasteiger partial charge in [0.25, 0.3) is 0 Å². The summed E-state index contributed by atoms with van der Waals surface area (Å²) in [6.07, 6.45) is 0.145. The number of ether oxygens (including phenoxy) is 2. The molecule has 11 heteroatoms. The van der Waals surface area contributed by atoms with Crippen molar-refractivity contribution in [1.82, 2.24) is 10.2 Å². The molecule has 1 fully saturated rings. The Kier molecular flexibility index (Phi) is 9.89. The molecule has 1 N–H and O–H groups in total. The van der Waals surface area contributed by atoms with Gasteiger partial charge in [0.2, 0.25) is 0 Å². The molecule has 0 radical (unpaired) electrons. The summed E-state index contributed by atoms with van der Waals surface area (Å²) in [5.74, 6) is 0.169. The second kappa shape index (κ2) is 12.9. The van der Waals surface area contributed by atoms with Crippen molar-refractivity contribution in [3.8, 4) is 5.75 Å². The lowest BCUT2D eigenvalue weighted by atomic mass is 9.92. The summed E-state index contributed by atoms with van der Waals surface area (Å²) >= 11 is 3.41. The first kappa shape index (κ1) is 27.7. The standard InChI is InChI=1S/C25H32BrFN4O5/c1-3-29(14-11-28-24(32)36-17-19-7-5-4-6-8-19)18-25(27)9-12-30(13-10-25)21-16-23(35-2)22(31(33)34)15-20(21)26/h4-8,15-16H,3,9-14,17-18H2,1-2H3,(H,28,32). The van der Waals surface area contributed by atoms with E-state index in [1.54, 1.807) is 6.07 Å². The number of halogens is 2. The highest BCUT2D eigenvalue weighted by molar-refractivity contribution is 9.10. The summed E-state index contributed by atoms with van der Waals surface area (Å²) in [6.45, 7) is 4.90. The maximum atomic E-state index is 15.7. The number of carbonyl (C=O) groups is 1. The van der Waals surface area contributed by atoms with Gasteiger partial charge < -0.3 is 19.7 Å². The predicted octanol–water partition coefficient (Wildman–Crippen LogP) is 4.92. The number of hydrogen-bond donors (Lipinski definition) is 1. The van der Waals surface area contributed by atoms with Crippen LogP contribution in [-0.2, 0) is 11.3 Å². The fourth-order valence-corrected chi connectivity index (χ4v) is 4.81. The van der Waals surface area contributed by atoms with E-state index < -0.39 is 16.7 Å². The van der Waals surface area contributed by atoms with Crippen LogP contribution < -0.4 is 15.0 Å². The van der Waals surface area contributed by atoms with Gasteiger partial charge in [0.15, 0.2) is 5.75 Å². The molecule has 0 atom stereocenters. The molecule has 0 aliphatic carbocycles. The van der Waals surface area contributed by atoms with Crippen molar-refractivity contribution in [2.45, 2.75) is 32.0 Å². The number of alkyl carbamates (subject to hydrolysis) is 1. The first-order chi connectivity index (χ1) is 17.2. The maximum Gasteiger partial charge on any atom is 0.407 e. The second-order valence-corrected chi connectivity index (χ2v) is 9.58. The van der Waals surface area contributed by atoms with Crippen LogP contribution in [0.15, 0.2) is 46.9 Å². The summed E-state index contributed by atoms with van der Waals surface area (Å²) in [4.78, 5) is 26.7. The van der Waals surface area contributed by atoms with Crippen molar-refractivity contribution >= 4 is 33.4 Å². The molecule has 0 spiro atoms. The summed E-state index contributed by atoms with van der Waals surface area (Å²) in [7, 11) is 1.39. The van der Waals surface area contributed by atoms with Gasteiger partial charge in [-0.2, -0.15) is 0 Å². The van der Waals surface area contributed by atoms with Crippen molar-refractivity contribution in [2.75, 3.05) is 51.3 Å². The third kappa shape index (κ3) is 7.54. The third-order valence-electron chi connectivity index (χ3n) is 6.31. The van der Waals surface area contributed by atoms with Crippen molar-refractivity contribution < 1.29 is 23.6 Å². The van der Waals surface area contributed by atoms with Gasteiger partial charge in [-0.05, 0) is 28.0 Å². The van der Waals surface area contributed by atoms with Crippen molar-refractivity contribution in [2.24, 2.45) is 0 Å². The Morgan fingerprint density at radius 2 is 1.97 bits per heavy atom. The molecule has 0 saturated carbocycles. The lowest BCUT2D eigenvalue weighted by Crippen LogP contribution is -2.49. The Bertz CT molecular complexity index is 1030. The molecule has 36 heavy (non-hydrogen) atoms. The summed E-state index contributed by atoms with van der Waals surface area (Å²) in [5, 5.41) is 14.0. The lowest BCUT2D eigenvalue weighted by Gasteiger charge is -2.40. The van der Waals surface area contributed by atoms with E-state index in [1.165, 1.54) is 13.2 Å². The number of methoxy groups -OCH3 is 1. The Morgan fingerprint density at radius 1 is 1.28 bits per heavy atom. The van der Waals surface area contributed by atoms with Crippen LogP contribution in [0.25, 0.3) is 0 Å². The van der Waals surface area contributed by atoms with E-state index in [4.69, 9.17) is 9.47 Å². The fraction of sp³-hybridized carbons (Fsp3) is 0.480. The second-order valence-electron chi connectivity index (χ2n) is 8.73. The average molecular weight is 567 g/mol. The minimum Gasteiger partial charge on any atom is -0.490 e. The number of benzene rings is 2. The number of likely N-dealkylation sites (N-methyl/N-ethyl adjacent to an activating group) is 1. The number of nitro groups is 1. The SMILES string of the molecule is CCN(CCNC(=O)OCc1ccccc1)CC1(F)CCN(c2cc(OC)c([N+](=O)[O-])cc2Br)CC1. The van der Waals surface area contributed by atoms with E-state index in [1.807, 2.05) is 47.1 Å². The molecule has 1 saturated heterocycles. The van der Waals surface area contributed by atoms with Gasteiger partial charge in [-0.15, -0.1) is 0 Å². The van der Waals surface area contributed by atoms with Crippen LogP contribution in [0.3, 0.4) is 0 Å². The zero-order valence-electron chi connectivity index (χ0n) is 20.5. The number of rotatable bonds is 11. The highest BCUT2D eigenvalue weighted by atomic mass is 79.9. The van der Waals surface area contributed by atoms with Crippen molar-refractivity contribution in [3.05, 3.63) is 62.6 Å². The Balaban J connectivity index is 1.47. The first-order valence-corrected chi connectivity index (χ1v) is 12.7. The fourth-order valence-electron chi connectivity index (χ4n) is 4.23. The van der Waals surface area contributed by atoms with Crippen LogP contribution in [0, 0.1) is 10.1 Å². The van der Waals surface area contributed by atoms with Gasteiger partial charge in [-0.1, -0.05) is 37.3 Å². The Labute approximate surface area is 218 Å². The first-order valence-electron chi connectivity index (χ1n) is 11.9. The molecule has 1 amide bonds. The average Bonchev–Trinajstić information content (AvgIpc) is 2.88. The number of carbonyl (C=O) groups excluding carboxylic acids is 1. The number of amides is 1. The molecule has 3 rings (SSSR count). The zero-order valence-corrected chi connectivity index (χ0v) is 22.1. The van der Waals surface area contributed by atoms with Crippen LogP contribution in [-0.4, -0.2) is 68.0 Å². The van der Waals surface area contributed by atoms with Crippen LogP contribution in [0.5, 0.6) is 5.75 Å². The Hall–Kier alpha value is -2.92. The summed E-state index contributed by atoms with van der Waals surface area (Å²) in [6, 6.07) is 12.5. The molecular weight excluding hydrogens is 535 g/mol. The number of anilines is 1. The van der Waals surface area contributed by atoms with Crippen molar-refractivity contribution in [3.63, 3.8) is 0 Å². The van der Waals surface area contributed by atoms with Crippen LogP contribution in [0.2, 0.25) is 0 Å². The van der Waals surface area contributed by atoms with Crippen molar-refractivity contribution in [1.29, 1.82) is 0 Å². The van der Waals surface area contributed by atoms with Gasteiger partial charge in [0.1, 0.15) is 12.3 Å². The number of nitrogens with zero attached hydrogens (tertiary/aromatic N) is 3. The monoisotopic (exact) mass is 566 g/mol. The van der Waals surface area contributed by atoms with E-state index >= 15 is 4.39 Å². The smallest absolute Gasteiger partial charge is 0.407 e. The van der Waals surface area contributed by atoms with E-state index in [0.29, 0.717) is 50.0 Å². The van der Waals surface area contributed by atoms with Gasteiger partial charge in [0, 0.05) is 62.2 Å². The maximum absolute atomic E-state index is 15.7. The number of nitro benzene ring substituents is 1. The number of nitrogens with one attached hydrogen (secondary N) is 1. The lowest BCUT2D eigenvalue weighted by molar-refractivity contribution is -0.385. The van der Waals surface area contributed by atoms with E-state index in [9.17, 15) is 14.9 Å². The molecule has 0 unspecified atom stereocenters. The molecule has 1 aliphatic rings. The van der Waals surface area contributed by atoms with Crippen LogP contribution in [0.4, 0.5) is 20.6 Å². The predicted molar refractivity (Wildman–Crippen MR) is 139 cm³/mol. The highest BCUT2D eigenvalue weighted by Crippen LogP contribution is 2.40. The zero-order chi connectivity index (χ0) is 26.1. The van der Waals surface area contributed by atoms with Gasteiger partial charge >= 0.3 is 11.8 Å². The normalized spacial score (nSPS) is 15.0. The number of piperidine rings is 1. The molecule has 0 bridgehead atoms. The van der Waals surface area contributed by atoms with E-state index in [-0.39, 0.29) is 24.6 Å². The molecule has 9 nitrogen and oxygen atoms in total. The molecule has 196 valence electrons. The summed E-state index contributed by atoms with van der Waals surface area (Å²) in [5.41, 5.74) is 0.163. The van der Waals surface area contributed by atoms with Crippen LogP contribution >= 0.6 is 15.9 Å². The van der Waals surface area contributed by atoms with E-state index in [0.717, 1.165) is 11.3 Å². The minimum atomic E-state index is -1.36.